The maximum atomic E-state index is 11.8. The van der Waals surface area contributed by atoms with Gasteiger partial charge in [0.1, 0.15) is 0 Å². The zero-order valence-electron chi connectivity index (χ0n) is 10.2. The standard InChI is InChI=1S/C13H18N2O2/c1-13(2,17)10-4-3-5-11(8-10)15-7-6-14-9-12(15)16/h3-5,8,14,17H,6-7,9H2,1-2H3. The lowest BCUT2D eigenvalue weighted by atomic mass is 9.98. The summed E-state index contributed by atoms with van der Waals surface area (Å²) < 4.78 is 0. The van der Waals surface area contributed by atoms with Gasteiger partial charge in [-0.15, -0.1) is 0 Å². The summed E-state index contributed by atoms with van der Waals surface area (Å²) in [5, 5.41) is 13.0. The number of carbonyl (C=O) groups is 1. The van der Waals surface area contributed by atoms with E-state index in [9.17, 15) is 9.90 Å². The van der Waals surface area contributed by atoms with Gasteiger partial charge in [0.25, 0.3) is 0 Å². The minimum Gasteiger partial charge on any atom is -0.386 e. The molecule has 17 heavy (non-hydrogen) atoms. The van der Waals surface area contributed by atoms with Crippen molar-refractivity contribution < 1.29 is 9.90 Å². The Labute approximate surface area is 101 Å². The van der Waals surface area contributed by atoms with Gasteiger partial charge < -0.3 is 15.3 Å². The average molecular weight is 234 g/mol. The molecule has 0 saturated carbocycles. The van der Waals surface area contributed by atoms with Crippen LogP contribution >= 0.6 is 0 Å². The monoisotopic (exact) mass is 234 g/mol. The molecule has 0 spiro atoms. The first-order chi connectivity index (χ1) is 7.98. The Morgan fingerprint density at radius 2 is 2.18 bits per heavy atom. The predicted molar refractivity (Wildman–Crippen MR) is 66.9 cm³/mol. The lowest BCUT2D eigenvalue weighted by Crippen LogP contribution is -2.48. The molecule has 1 saturated heterocycles. The van der Waals surface area contributed by atoms with Gasteiger partial charge in [-0.2, -0.15) is 0 Å². The van der Waals surface area contributed by atoms with Crippen molar-refractivity contribution >= 4 is 11.6 Å². The van der Waals surface area contributed by atoms with E-state index in [1.165, 1.54) is 0 Å². The van der Waals surface area contributed by atoms with Crippen LogP contribution in [0.5, 0.6) is 0 Å². The number of nitrogens with one attached hydrogen (secondary N) is 1. The van der Waals surface area contributed by atoms with E-state index in [4.69, 9.17) is 0 Å². The molecule has 92 valence electrons. The highest BCUT2D eigenvalue weighted by molar-refractivity contribution is 5.95. The fourth-order valence-corrected chi connectivity index (χ4v) is 1.93. The first-order valence-corrected chi connectivity index (χ1v) is 5.82. The number of benzene rings is 1. The number of hydrogen-bond acceptors (Lipinski definition) is 3. The van der Waals surface area contributed by atoms with E-state index in [0.29, 0.717) is 13.1 Å². The minimum absolute atomic E-state index is 0.0733. The second-order valence-corrected chi connectivity index (χ2v) is 4.83. The van der Waals surface area contributed by atoms with Crippen LogP contribution in [0.2, 0.25) is 0 Å². The van der Waals surface area contributed by atoms with E-state index in [2.05, 4.69) is 5.32 Å². The maximum absolute atomic E-state index is 11.8. The van der Waals surface area contributed by atoms with Gasteiger partial charge in [0.05, 0.1) is 12.1 Å². The maximum Gasteiger partial charge on any atom is 0.240 e. The molecular formula is C13H18N2O2. The first kappa shape index (κ1) is 12.1. The van der Waals surface area contributed by atoms with Crippen LogP contribution in [-0.4, -0.2) is 30.6 Å². The first-order valence-electron chi connectivity index (χ1n) is 5.82. The smallest absolute Gasteiger partial charge is 0.240 e. The highest BCUT2D eigenvalue weighted by Crippen LogP contribution is 2.24. The summed E-state index contributed by atoms with van der Waals surface area (Å²) in [6, 6.07) is 7.52. The molecule has 0 bridgehead atoms. The molecule has 1 aliphatic heterocycles. The van der Waals surface area contributed by atoms with Gasteiger partial charge in [0.2, 0.25) is 5.91 Å². The number of anilines is 1. The molecule has 1 aromatic carbocycles. The third kappa shape index (κ3) is 2.65. The van der Waals surface area contributed by atoms with Crippen molar-refractivity contribution in [3.05, 3.63) is 29.8 Å². The summed E-state index contributed by atoms with van der Waals surface area (Å²) in [4.78, 5) is 13.5. The number of piperazine rings is 1. The second-order valence-electron chi connectivity index (χ2n) is 4.83. The summed E-state index contributed by atoms with van der Waals surface area (Å²) in [5.74, 6) is 0.0733. The molecule has 0 atom stereocenters. The van der Waals surface area contributed by atoms with Gasteiger partial charge in [-0.1, -0.05) is 12.1 Å². The Morgan fingerprint density at radius 1 is 1.41 bits per heavy atom. The SMILES string of the molecule is CC(C)(O)c1cccc(N2CCNCC2=O)c1. The Morgan fingerprint density at radius 3 is 2.82 bits per heavy atom. The van der Waals surface area contributed by atoms with Crippen molar-refractivity contribution in [2.45, 2.75) is 19.4 Å². The van der Waals surface area contributed by atoms with Crippen molar-refractivity contribution in [1.29, 1.82) is 0 Å². The van der Waals surface area contributed by atoms with Crippen LogP contribution < -0.4 is 10.2 Å². The quantitative estimate of drug-likeness (QED) is 0.797. The third-order valence-corrected chi connectivity index (χ3v) is 2.95. The van der Waals surface area contributed by atoms with Crippen molar-refractivity contribution in [3.8, 4) is 0 Å². The minimum atomic E-state index is -0.882. The molecule has 2 rings (SSSR count). The molecule has 0 aromatic heterocycles. The molecule has 4 heteroatoms. The molecule has 1 fully saturated rings. The molecule has 0 aliphatic carbocycles. The van der Waals surface area contributed by atoms with Crippen LogP contribution in [0.15, 0.2) is 24.3 Å². The molecule has 0 unspecified atom stereocenters. The molecule has 1 aliphatic rings. The Kier molecular flexibility index (Phi) is 3.17. The van der Waals surface area contributed by atoms with Crippen LogP contribution in [0, 0.1) is 0 Å². The third-order valence-electron chi connectivity index (χ3n) is 2.95. The van der Waals surface area contributed by atoms with Gasteiger partial charge in [0, 0.05) is 18.8 Å². The zero-order chi connectivity index (χ0) is 12.5. The summed E-state index contributed by atoms with van der Waals surface area (Å²) in [5.41, 5.74) is 0.796. The van der Waals surface area contributed by atoms with Gasteiger partial charge in [-0.25, -0.2) is 0 Å². The van der Waals surface area contributed by atoms with Crippen molar-refractivity contribution in [1.82, 2.24) is 5.32 Å². The van der Waals surface area contributed by atoms with E-state index < -0.39 is 5.60 Å². The summed E-state index contributed by atoms with van der Waals surface area (Å²) in [6.45, 7) is 5.34. The predicted octanol–water partition coefficient (Wildman–Crippen LogP) is 0.850. The van der Waals surface area contributed by atoms with Crippen LogP contribution in [-0.2, 0) is 10.4 Å². The van der Waals surface area contributed by atoms with Crippen LogP contribution in [0.1, 0.15) is 19.4 Å². The number of rotatable bonds is 2. The van der Waals surface area contributed by atoms with Gasteiger partial charge in [-0.3, -0.25) is 4.79 Å². The second kappa shape index (κ2) is 4.47. The number of aliphatic hydroxyl groups is 1. The highest BCUT2D eigenvalue weighted by Gasteiger charge is 2.21. The number of hydrogen-bond donors (Lipinski definition) is 2. The molecule has 1 heterocycles. The largest absolute Gasteiger partial charge is 0.386 e. The molecule has 2 N–H and O–H groups in total. The zero-order valence-corrected chi connectivity index (χ0v) is 10.2. The summed E-state index contributed by atoms with van der Waals surface area (Å²) in [7, 11) is 0. The van der Waals surface area contributed by atoms with E-state index in [0.717, 1.165) is 17.8 Å². The van der Waals surface area contributed by atoms with Crippen molar-refractivity contribution in [2.75, 3.05) is 24.5 Å². The normalized spacial score (nSPS) is 17.4. The van der Waals surface area contributed by atoms with Gasteiger partial charge in [0.15, 0.2) is 0 Å². The fourth-order valence-electron chi connectivity index (χ4n) is 1.93. The van der Waals surface area contributed by atoms with Crippen LogP contribution in [0.25, 0.3) is 0 Å². The van der Waals surface area contributed by atoms with Crippen molar-refractivity contribution in [2.24, 2.45) is 0 Å². The lowest BCUT2D eigenvalue weighted by Gasteiger charge is -2.28. The summed E-state index contributed by atoms with van der Waals surface area (Å²) in [6.07, 6.45) is 0. The Hall–Kier alpha value is -1.39. The number of amides is 1. The average Bonchev–Trinajstić information content (AvgIpc) is 2.29. The highest BCUT2D eigenvalue weighted by atomic mass is 16.3. The topological polar surface area (TPSA) is 52.6 Å². The van der Waals surface area contributed by atoms with Gasteiger partial charge in [-0.05, 0) is 31.5 Å². The van der Waals surface area contributed by atoms with Crippen LogP contribution in [0.3, 0.4) is 0 Å². The molecule has 0 radical (unpaired) electrons. The van der Waals surface area contributed by atoms with E-state index in [1.54, 1.807) is 18.7 Å². The van der Waals surface area contributed by atoms with Crippen molar-refractivity contribution in [3.63, 3.8) is 0 Å². The Balaban J connectivity index is 2.29. The van der Waals surface area contributed by atoms with E-state index in [-0.39, 0.29) is 5.91 Å². The molecule has 1 aromatic rings. The molecule has 4 nitrogen and oxygen atoms in total. The fraction of sp³-hybridized carbons (Fsp3) is 0.462. The molecule has 1 amide bonds. The number of carbonyl (C=O) groups excluding carboxylic acids is 1. The molecular weight excluding hydrogens is 216 g/mol. The van der Waals surface area contributed by atoms with E-state index in [1.807, 2.05) is 24.3 Å². The van der Waals surface area contributed by atoms with Gasteiger partial charge >= 0.3 is 0 Å². The lowest BCUT2D eigenvalue weighted by molar-refractivity contribution is -0.118. The number of nitrogens with zero attached hydrogens (tertiary/aromatic N) is 1. The Bertz CT molecular complexity index is 424. The van der Waals surface area contributed by atoms with Crippen LogP contribution in [0.4, 0.5) is 5.69 Å². The van der Waals surface area contributed by atoms with E-state index >= 15 is 0 Å². The summed E-state index contributed by atoms with van der Waals surface area (Å²) >= 11 is 0.